The van der Waals surface area contributed by atoms with Gasteiger partial charge < -0.3 is 10.1 Å². The summed E-state index contributed by atoms with van der Waals surface area (Å²) in [5.74, 6) is -0.831. The van der Waals surface area contributed by atoms with Crippen molar-refractivity contribution in [3.05, 3.63) is 16.6 Å². The number of aromatic nitrogens is 5. The number of aromatic amines is 1. The number of thiazole rings is 1. The number of anilines is 2. The van der Waals surface area contributed by atoms with Crippen molar-refractivity contribution in [2.24, 2.45) is 0 Å². The first kappa shape index (κ1) is 22.6. The largest absolute Gasteiger partial charge is 0.443 e. The summed E-state index contributed by atoms with van der Waals surface area (Å²) in [5.41, 5.74) is 0.743. The van der Waals surface area contributed by atoms with E-state index in [4.69, 9.17) is 16.3 Å². The van der Waals surface area contributed by atoms with Gasteiger partial charge in [-0.15, -0.1) is 16.4 Å². The van der Waals surface area contributed by atoms with Gasteiger partial charge in [0.25, 0.3) is 17.8 Å². The van der Waals surface area contributed by atoms with Crippen molar-refractivity contribution < 1.29 is 19.1 Å². The molecule has 0 bridgehead atoms. The quantitative estimate of drug-likeness (QED) is 0.411. The summed E-state index contributed by atoms with van der Waals surface area (Å²) in [5, 5.41) is 20.2. The minimum Gasteiger partial charge on any atom is -0.443 e. The molecule has 1 fully saturated rings. The molecular formula is C17H21ClN8O4S. The number of β-lactam (4-membered cyclic amide) rings is 1. The molecule has 0 aliphatic carbocycles. The van der Waals surface area contributed by atoms with Crippen molar-refractivity contribution >= 4 is 57.5 Å². The smallest absolute Gasteiger partial charge is 0.413 e. The lowest BCUT2D eigenvalue weighted by Crippen LogP contribution is -2.70. The number of rotatable bonds is 7. The monoisotopic (exact) mass is 468 g/mol. The molecule has 1 aliphatic rings. The van der Waals surface area contributed by atoms with Gasteiger partial charge in [-0.3, -0.25) is 19.8 Å². The van der Waals surface area contributed by atoms with Gasteiger partial charge >= 0.3 is 6.09 Å². The Labute approximate surface area is 186 Å². The molecule has 31 heavy (non-hydrogen) atoms. The number of carbonyl (C=O) groups excluding carboxylic acids is 3. The SMILES string of the molecule is CCC(C)(C)OC(=O)Nc1nc(/C(=C/Cl)C(=O)N[C@@H]2C(=O)N(c3nn[nH]n3)[C@@H]2C)cs1. The fourth-order valence-corrected chi connectivity index (χ4v) is 3.58. The van der Waals surface area contributed by atoms with Crippen LogP contribution in [0.4, 0.5) is 15.9 Å². The number of hydrogen-bond acceptors (Lipinski definition) is 9. The Morgan fingerprint density at radius 2 is 2.19 bits per heavy atom. The molecule has 166 valence electrons. The number of halogens is 1. The van der Waals surface area contributed by atoms with Crippen LogP contribution in [-0.2, 0) is 14.3 Å². The van der Waals surface area contributed by atoms with Gasteiger partial charge in [0.05, 0.1) is 17.3 Å². The summed E-state index contributed by atoms with van der Waals surface area (Å²) in [6.07, 6.45) is -0.00488. The number of amides is 3. The van der Waals surface area contributed by atoms with E-state index in [1.807, 2.05) is 6.92 Å². The molecule has 3 amide bonds. The lowest BCUT2D eigenvalue weighted by atomic mass is 9.97. The van der Waals surface area contributed by atoms with Crippen molar-refractivity contribution in [3.63, 3.8) is 0 Å². The van der Waals surface area contributed by atoms with Crippen LogP contribution in [0.25, 0.3) is 5.57 Å². The highest BCUT2D eigenvalue weighted by atomic mass is 35.5. The third-order valence-corrected chi connectivity index (χ3v) is 5.77. The lowest BCUT2D eigenvalue weighted by molar-refractivity contribution is -0.130. The van der Waals surface area contributed by atoms with E-state index in [0.29, 0.717) is 6.42 Å². The highest BCUT2D eigenvalue weighted by molar-refractivity contribution is 7.14. The Balaban J connectivity index is 1.62. The van der Waals surface area contributed by atoms with Gasteiger partial charge in [-0.1, -0.05) is 23.6 Å². The summed E-state index contributed by atoms with van der Waals surface area (Å²) >= 11 is 6.95. The van der Waals surface area contributed by atoms with E-state index in [1.165, 1.54) is 4.90 Å². The third-order valence-electron chi connectivity index (χ3n) is 4.79. The molecule has 3 N–H and O–H groups in total. The van der Waals surface area contributed by atoms with Gasteiger partial charge in [0.1, 0.15) is 11.6 Å². The fraction of sp³-hybridized carbons (Fsp3) is 0.471. The predicted octanol–water partition coefficient (Wildman–Crippen LogP) is 1.89. The zero-order chi connectivity index (χ0) is 22.8. The van der Waals surface area contributed by atoms with Crippen LogP contribution in [0, 0.1) is 0 Å². The molecule has 2 aromatic heterocycles. The number of H-pyrrole nitrogens is 1. The minimum absolute atomic E-state index is 0.0474. The number of nitrogens with one attached hydrogen (secondary N) is 3. The molecule has 2 aromatic rings. The number of nitrogens with zero attached hydrogens (tertiary/aromatic N) is 5. The maximum atomic E-state index is 12.7. The molecule has 1 aliphatic heterocycles. The molecule has 3 heterocycles. The van der Waals surface area contributed by atoms with Crippen molar-refractivity contribution in [1.29, 1.82) is 0 Å². The van der Waals surface area contributed by atoms with Crippen LogP contribution in [0.5, 0.6) is 0 Å². The first-order valence-corrected chi connectivity index (χ1v) is 10.6. The van der Waals surface area contributed by atoms with E-state index in [-0.39, 0.29) is 34.3 Å². The first-order chi connectivity index (χ1) is 14.7. The molecule has 0 aromatic carbocycles. The lowest BCUT2D eigenvalue weighted by Gasteiger charge is -2.42. The molecular weight excluding hydrogens is 448 g/mol. The molecule has 1 saturated heterocycles. The van der Waals surface area contributed by atoms with Crippen LogP contribution in [0.1, 0.15) is 39.8 Å². The van der Waals surface area contributed by atoms with Gasteiger partial charge in [0.15, 0.2) is 5.13 Å². The zero-order valence-corrected chi connectivity index (χ0v) is 18.7. The van der Waals surface area contributed by atoms with Crippen LogP contribution in [0.2, 0.25) is 0 Å². The summed E-state index contributed by atoms with van der Waals surface area (Å²) in [4.78, 5) is 42.6. The van der Waals surface area contributed by atoms with Gasteiger partial charge in [-0.05, 0) is 32.4 Å². The molecule has 0 spiro atoms. The maximum absolute atomic E-state index is 12.7. The summed E-state index contributed by atoms with van der Waals surface area (Å²) in [6, 6.07) is -1.16. The second-order valence-corrected chi connectivity index (χ2v) is 8.38. The van der Waals surface area contributed by atoms with E-state index in [9.17, 15) is 14.4 Å². The van der Waals surface area contributed by atoms with Gasteiger partial charge in [0, 0.05) is 10.9 Å². The fourth-order valence-electron chi connectivity index (χ4n) is 2.68. The second kappa shape index (κ2) is 8.98. The Kier molecular flexibility index (Phi) is 6.55. The molecule has 14 heteroatoms. The van der Waals surface area contributed by atoms with E-state index < -0.39 is 23.6 Å². The summed E-state index contributed by atoms with van der Waals surface area (Å²) in [6.45, 7) is 7.23. The maximum Gasteiger partial charge on any atom is 0.413 e. The topological polar surface area (TPSA) is 155 Å². The molecule has 2 atom stereocenters. The standard InChI is InChI=1S/C17H21ClN8O4S/c1-5-17(3,4)30-16(29)21-15-19-10(7-31-15)9(6-18)12(27)20-11-8(2)26(13(11)28)14-22-24-25-23-14/h6-8,11H,5H2,1-4H3,(H,20,27)(H,19,21,29)(H,22,23,24,25)/b9-6-/t8-,11+/m1/s1. The van der Waals surface area contributed by atoms with Crippen molar-refractivity contribution in [3.8, 4) is 0 Å². The van der Waals surface area contributed by atoms with Gasteiger partial charge in [-0.2, -0.15) is 5.21 Å². The Bertz CT molecular complexity index is 1010. The molecule has 12 nitrogen and oxygen atoms in total. The van der Waals surface area contributed by atoms with Crippen LogP contribution in [0.15, 0.2) is 10.9 Å². The summed E-state index contributed by atoms with van der Waals surface area (Å²) < 4.78 is 5.31. The first-order valence-electron chi connectivity index (χ1n) is 9.30. The van der Waals surface area contributed by atoms with Crippen molar-refractivity contribution in [2.45, 2.75) is 51.8 Å². The minimum atomic E-state index is -0.778. The van der Waals surface area contributed by atoms with Crippen molar-refractivity contribution in [1.82, 2.24) is 30.9 Å². The molecule has 0 unspecified atom stereocenters. The highest BCUT2D eigenvalue weighted by Gasteiger charge is 2.48. The third kappa shape index (κ3) is 4.82. The van der Waals surface area contributed by atoms with E-state index >= 15 is 0 Å². The van der Waals surface area contributed by atoms with E-state index in [1.54, 1.807) is 26.2 Å². The second-order valence-electron chi connectivity index (χ2n) is 7.30. The number of tetrazole rings is 1. The van der Waals surface area contributed by atoms with Crippen LogP contribution < -0.4 is 15.5 Å². The van der Waals surface area contributed by atoms with E-state index in [2.05, 4.69) is 36.2 Å². The number of hydrogen-bond donors (Lipinski definition) is 3. The Morgan fingerprint density at radius 3 is 2.77 bits per heavy atom. The molecule has 3 rings (SSSR count). The normalized spacial score (nSPS) is 19.1. The average molecular weight is 469 g/mol. The van der Waals surface area contributed by atoms with Crippen LogP contribution in [0.3, 0.4) is 0 Å². The Morgan fingerprint density at radius 1 is 1.45 bits per heavy atom. The number of ether oxygens (including phenoxy) is 1. The van der Waals surface area contributed by atoms with Crippen molar-refractivity contribution in [2.75, 3.05) is 10.2 Å². The van der Waals surface area contributed by atoms with Gasteiger partial charge in [-0.25, -0.2) is 9.78 Å². The molecule has 0 radical (unpaired) electrons. The highest BCUT2D eigenvalue weighted by Crippen LogP contribution is 2.27. The van der Waals surface area contributed by atoms with Crippen LogP contribution in [-0.4, -0.2) is 61.2 Å². The predicted molar refractivity (Wildman–Crippen MR) is 113 cm³/mol. The Hall–Kier alpha value is -3.06. The zero-order valence-electron chi connectivity index (χ0n) is 17.2. The van der Waals surface area contributed by atoms with Gasteiger partial charge in [0.2, 0.25) is 0 Å². The van der Waals surface area contributed by atoms with Crippen LogP contribution >= 0.6 is 22.9 Å². The average Bonchev–Trinajstić information content (AvgIpc) is 3.39. The number of carbonyl (C=O) groups is 3. The molecule has 0 saturated carbocycles. The van der Waals surface area contributed by atoms with E-state index in [0.717, 1.165) is 16.9 Å². The summed E-state index contributed by atoms with van der Waals surface area (Å²) in [7, 11) is 0.